The zero-order valence-electron chi connectivity index (χ0n) is 22.7. The minimum atomic E-state index is -5.06. The van der Waals surface area contributed by atoms with Gasteiger partial charge < -0.3 is 19.3 Å². The van der Waals surface area contributed by atoms with Gasteiger partial charge in [0, 0.05) is 70.1 Å². The maximum atomic E-state index is 13.4. The lowest BCUT2D eigenvalue weighted by Gasteiger charge is -2.51. The van der Waals surface area contributed by atoms with Gasteiger partial charge in [-0.3, -0.25) is 9.69 Å². The number of carbonyl (C=O) groups is 2. The number of benzene rings is 2. The molecule has 3 fully saturated rings. The Morgan fingerprint density at radius 2 is 1.45 bits per heavy atom. The molecule has 0 bridgehead atoms. The first-order chi connectivity index (χ1) is 19.9. The second-order valence-electron chi connectivity index (χ2n) is 10.9. The van der Waals surface area contributed by atoms with Crippen molar-refractivity contribution in [3.05, 3.63) is 70.8 Å². The summed E-state index contributed by atoms with van der Waals surface area (Å²) in [4.78, 5) is 31.5. The van der Waals surface area contributed by atoms with E-state index in [1.807, 2.05) is 30.3 Å². The molecule has 2 aromatic carbocycles. The molecule has 0 N–H and O–H groups in total. The Morgan fingerprint density at radius 3 is 2.02 bits per heavy atom. The number of halogens is 6. The van der Waals surface area contributed by atoms with Crippen LogP contribution in [0.3, 0.4) is 0 Å². The van der Waals surface area contributed by atoms with Crippen LogP contribution in [0.15, 0.2) is 48.5 Å². The molecule has 0 saturated carbocycles. The van der Waals surface area contributed by atoms with Crippen LogP contribution in [0.25, 0.3) is 0 Å². The molecule has 3 saturated heterocycles. The average Bonchev–Trinajstić information content (AvgIpc) is 2.97. The van der Waals surface area contributed by atoms with E-state index in [4.69, 9.17) is 9.47 Å². The average molecular weight is 600 g/mol. The summed E-state index contributed by atoms with van der Waals surface area (Å²) in [7, 11) is 0. The lowest BCUT2D eigenvalue weighted by atomic mass is 9.74. The lowest BCUT2D eigenvalue weighted by molar-refractivity contribution is -0.143. The number of piperidine rings is 1. The number of nitrogens with zero attached hydrogens (tertiary/aromatic N) is 3. The Labute approximate surface area is 238 Å². The molecule has 0 aromatic heterocycles. The third kappa shape index (κ3) is 6.51. The minimum absolute atomic E-state index is 0.000815. The number of rotatable bonds is 5. The van der Waals surface area contributed by atoms with Crippen molar-refractivity contribution in [2.45, 2.75) is 36.7 Å². The predicted molar refractivity (Wildman–Crippen MR) is 139 cm³/mol. The summed E-state index contributed by atoms with van der Waals surface area (Å²) >= 11 is 0. The summed E-state index contributed by atoms with van der Waals surface area (Å²) in [6.07, 6.45) is -10.2. The SMILES string of the molecule is O=C1OC2(CCN(C(=O)c3cc(C(F)(F)F)cc(C(F)(F)F)c3)CC2)C(c2ccccc2)CN1CCN1CCOCC1. The topological polar surface area (TPSA) is 62.3 Å². The number of morpholine rings is 1. The van der Waals surface area contributed by atoms with Crippen LogP contribution < -0.4 is 0 Å². The van der Waals surface area contributed by atoms with Crippen molar-refractivity contribution in [2.75, 3.05) is 59.0 Å². The summed E-state index contributed by atoms with van der Waals surface area (Å²) in [5.41, 5.74) is -3.82. The third-order valence-corrected chi connectivity index (χ3v) is 8.31. The Hall–Kier alpha value is -3.32. The molecule has 7 nitrogen and oxygen atoms in total. The smallest absolute Gasteiger partial charge is 0.416 e. The van der Waals surface area contributed by atoms with Crippen molar-refractivity contribution in [1.29, 1.82) is 0 Å². The number of likely N-dealkylation sites (tertiary alicyclic amines) is 1. The highest BCUT2D eigenvalue weighted by Gasteiger charge is 2.51. The molecule has 42 heavy (non-hydrogen) atoms. The zero-order valence-corrected chi connectivity index (χ0v) is 22.7. The van der Waals surface area contributed by atoms with E-state index in [0.29, 0.717) is 45.0 Å². The molecule has 3 aliphatic heterocycles. The molecule has 2 amide bonds. The van der Waals surface area contributed by atoms with E-state index in [0.717, 1.165) is 18.7 Å². The fourth-order valence-electron chi connectivity index (χ4n) is 5.93. The molecule has 1 atom stereocenters. The van der Waals surface area contributed by atoms with Crippen molar-refractivity contribution < 1.29 is 45.4 Å². The number of hydrogen-bond acceptors (Lipinski definition) is 5. The van der Waals surface area contributed by atoms with E-state index < -0.39 is 46.6 Å². The Balaban J connectivity index is 1.34. The van der Waals surface area contributed by atoms with Crippen molar-refractivity contribution in [1.82, 2.24) is 14.7 Å². The minimum Gasteiger partial charge on any atom is -0.442 e. The van der Waals surface area contributed by atoms with Gasteiger partial charge in [0.1, 0.15) is 5.60 Å². The number of ether oxygens (including phenoxy) is 2. The van der Waals surface area contributed by atoms with Crippen LogP contribution in [-0.4, -0.2) is 91.3 Å². The van der Waals surface area contributed by atoms with Crippen molar-refractivity contribution in [2.24, 2.45) is 0 Å². The molecule has 3 aliphatic rings. The maximum absolute atomic E-state index is 13.4. The maximum Gasteiger partial charge on any atom is 0.416 e. The summed E-state index contributed by atoms with van der Waals surface area (Å²) in [5.74, 6) is -1.18. The standard InChI is InChI=1S/C29H31F6N3O4/c30-28(31,32)22-16-21(17-23(18-22)29(33,34)35)25(39)37-8-6-27(7-9-37)24(20-4-2-1-3-5-20)19-38(26(40)42-27)11-10-36-12-14-41-15-13-36/h1-5,16-18,24H,6-15,19H2. The molecule has 0 radical (unpaired) electrons. The van der Waals surface area contributed by atoms with E-state index in [-0.39, 0.29) is 37.9 Å². The van der Waals surface area contributed by atoms with Crippen LogP contribution in [0.1, 0.15) is 45.8 Å². The van der Waals surface area contributed by atoms with Gasteiger partial charge in [-0.05, 0) is 23.8 Å². The van der Waals surface area contributed by atoms with Crippen LogP contribution >= 0.6 is 0 Å². The fraction of sp³-hybridized carbons (Fsp3) is 0.517. The number of amides is 2. The van der Waals surface area contributed by atoms with Crippen molar-refractivity contribution in [3.8, 4) is 0 Å². The Kier molecular flexibility index (Phi) is 8.44. The zero-order chi connectivity index (χ0) is 30.1. The second-order valence-corrected chi connectivity index (χ2v) is 10.9. The van der Waals surface area contributed by atoms with Crippen LogP contribution in [0.5, 0.6) is 0 Å². The van der Waals surface area contributed by atoms with Crippen LogP contribution in [0, 0.1) is 0 Å². The van der Waals surface area contributed by atoms with E-state index in [1.54, 1.807) is 4.90 Å². The van der Waals surface area contributed by atoms with Gasteiger partial charge in [-0.1, -0.05) is 30.3 Å². The molecular formula is C29H31F6N3O4. The molecule has 3 heterocycles. The summed E-state index contributed by atoms with van der Waals surface area (Å²) in [5, 5.41) is 0. The second kappa shape index (κ2) is 11.8. The van der Waals surface area contributed by atoms with Crippen molar-refractivity contribution in [3.63, 3.8) is 0 Å². The molecule has 1 unspecified atom stereocenters. The quantitative estimate of drug-likeness (QED) is 0.439. The lowest BCUT2D eigenvalue weighted by Crippen LogP contribution is -2.60. The predicted octanol–water partition coefficient (Wildman–Crippen LogP) is 5.27. The highest BCUT2D eigenvalue weighted by atomic mass is 19.4. The number of hydrogen-bond donors (Lipinski definition) is 0. The van der Waals surface area contributed by atoms with Gasteiger partial charge in [0.15, 0.2) is 0 Å². The Bertz CT molecular complexity index is 1240. The summed E-state index contributed by atoms with van der Waals surface area (Å²) < 4.78 is 91.7. The monoisotopic (exact) mass is 599 g/mol. The number of carbonyl (C=O) groups excluding carboxylic acids is 2. The van der Waals surface area contributed by atoms with Gasteiger partial charge in [0.2, 0.25) is 0 Å². The van der Waals surface area contributed by atoms with Crippen molar-refractivity contribution >= 4 is 12.0 Å². The molecule has 0 aliphatic carbocycles. The van der Waals surface area contributed by atoms with Crippen LogP contribution in [0.2, 0.25) is 0 Å². The molecule has 2 aromatic rings. The first kappa shape index (κ1) is 30.1. The van der Waals surface area contributed by atoms with Gasteiger partial charge in [-0.2, -0.15) is 26.3 Å². The largest absolute Gasteiger partial charge is 0.442 e. The molecule has 13 heteroatoms. The van der Waals surface area contributed by atoms with E-state index in [1.165, 1.54) is 4.90 Å². The molecule has 1 spiro atoms. The highest BCUT2D eigenvalue weighted by molar-refractivity contribution is 5.94. The van der Waals surface area contributed by atoms with E-state index in [9.17, 15) is 35.9 Å². The molecule has 228 valence electrons. The first-order valence-electron chi connectivity index (χ1n) is 13.8. The Morgan fingerprint density at radius 1 is 0.857 bits per heavy atom. The molecule has 5 rings (SSSR count). The van der Waals surface area contributed by atoms with Crippen LogP contribution in [0.4, 0.5) is 31.1 Å². The van der Waals surface area contributed by atoms with Gasteiger partial charge in [0.05, 0.1) is 24.3 Å². The summed E-state index contributed by atoms with van der Waals surface area (Å²) in [6, 6.07) is 10.4. The van der Waals surface area contributed by atoms with E-state index in [2.05, 4.69) is 4.90 Å². The highest BCUT2D eigenvalue weighted by Crippen LogP contribution is 2.44. The number of alkyl halides is 6. The first-order valence-corrected chi connectivity index (χ1v) is 13.8. The summed E-state index contributed by atoms with van der Waals surface area (Å²) in [6.45, 7) is 4.31. The third-order valence-electron chi connectivity index (χ3n) is 8.31. The van der Waals surface area contributed by atoms with Gasteiger partial charge in [-0.15, -0.1) is 0 Å². The fourth-order valence-corrected chi connectivity index (χ4v) is 5.93. The molecular weight excluding hydrogens is 568 g/mol. The van der Waals surface area contributed by atoms with Crippen LogP contribution in [-0.2, 0) is 21.8 Å². The van der Waals surface area contributed by atoms with Gasteiger partial charge in [0.25, 0.3) is 5.91 Å². The van der Waals surface area contributed by atoms with Gasteiger partial charge >= 0.3 is 18.4 Å². The normalized spacial score (nSPS) is 21.9. The van der Waals surface area contributed by atoms with E-state index >= 15 is 0 Å². The van der Waals surface area contributed by atoms with Gasteiger partial charge in [-0.25, -0.2) is 4.79 Å².